The van der Waals surface area contributed by atoms with Gasteiger partial charge in [0.1, 0.15) is 0 Å². The van der Waals surface area contributed by atoms with Crippen molar-refractivity contribution in [1.29, 1.82) is 0 Å². The molecule has 0 unspecified atom stereocenters. The number of carbonyl (C=O) groups is 2. The smallest absolute Gasteiger partial charge is 0.276 e. The Bertz CT molecular complexity index is 1000. The second-order valence-electron chi connectivity index (χ2n) is 5.98. The normalized spacial score (nSPS) is 10.3. The predicted molar refractivity (Wildman–Crippen MR) is 106 cm³/mol. The molecule has 136 valence electrons. The standard InChI is InChI=1S/C20H17ClN4O2/c1-12-10-15(21)6-7-17(12)23-20(27)18-8-9-19(25-24-18)22-16-5-3-4-14(11-16)13(2)26/h3-11H,1-2H3,(H,22,25)(H,23,27). The van der Waals surface area contributed by atoms with Gasteiger partial charge in [-0.25, -0.2) is 0 Å². The zero-order valence-corrected chi connectivity index (χ0v) is 15.5. The number of rotatable bonds is 5. The fourth-order valence-corrected chi connectivity index (χ4v) is 2.66. The highest BCUT2D eigenvalue weighted by Crippen LogP contribution is 2.20. The van der Waals surface area contributed by atoms with E-state index in [1.54, 1.807) is 48.5 Å². The minimum absolute atomic E-state index is 0.0192. The van der Waals surface area contributed by atoms with E-state index in [-0.39, 0.29) is 17.4 Å². The number of nitrogens with zero attached hydrogens (tertiary/aromatic N) is 2. The lowest BCUT2D eigenvalue weighted by atomic mass is 10.1. The van der Waals surface area contributed by atoms with Crippen LogP contribution in [0.25, 0.3) is 0 Å². The molecule has 0 saturated heterocycles. The van der Waals surface area contributed by atoms with E-state index in [1.165, 1.54) is 6.92 Å². The molecule has 3 aromatic rings. The van der Waals surface area contributed by atoms with Gasteiger partial charge in [0, 0.05) is 22.0 Å². The molecule has 3 rings (SSSR count). The monoisotopic (exact) mass is 380 g/mol. The number of hydrogen-bond donors (Lipinski definition) is 2. The van der Waals surface area contributed by atoms with Crippen LogP contribution in [0.1, 0.15) is 33.3 Å². The second-order valence-corrected chi connectivity index (χ2v) is 6.42. The maximum Gasteiger partial charge on any atom is 0.276 e. The van der Waals surface area contributed by atoms with E-state index < -0.39 is 0 Å². The van der Waals surface area contributed by atoms with Gasteiger partial charge in [0.25, 0.3) is 5.91 Å². The lowest BCUT2D eigenvalue weighted by Crippen LogP contribution is -2.15. The molecule has 2 N–H and O–H groups in total. The molecule has 0 saturated carbocycles. The maximum absolute atomic E-state index is 12.3. The Morgan fingerprint density at radius 2 is 1.81 bits per heavy atom. The van der Waals surface area contributed by atoms with Crippen molar-refractivity contribution < 1.29 is 9.59 Å². The molecule has 0 atom stereocenters. The van der Waals surface area contributed by atoms with Gasteiger partial charge in [-0.1, -0.05) is 23.7 Å². The van der Waals surface area contributed by atoms with Gasteiger partial charge in [-0.05, 0) is 61.9 Å². The van der Waals surface area contributed by atoms with Crippen LogP contribution in [0.3, 0.4) is 0 Å². The van der Waals surface area contributed by atoms with Gasteiger partial charge < -0.3 is 10.6 Å². The van der Waals surface area contributed by atoms with Gasteiger partial charge in [-0.15, -0.1) is 10.2 Å². The van der Waals surface area contributed by atoms with Crippen LogP contribution < -0.4 is 10.6 Å². The molecule has 27 heavy (non-hydrogen) atoms. The molecule has 0 aliphatic carbocycles. The highest BCUT2D eigenvalue weighted by molar-refractivity contribution is 6.30. The average Bonchev–Trinajstić information content (AvgIpc) is 2.65. The van der Waals surface area contributed by atoms with Crippen LogP contribution in [0, 0.1) is 6.92 Å². The van der Waals surface area contributed by atoms with Gasteiger partial charge in [-0.2, -0.15) is 0 Å². The van der Waals surface area contributed by atoms with Gasteiger partial charge in [0.15, 0.2) is 17.3 Å². The summed E-state index contributed by atoms with van der Waals surface area (Å²) in [5.74, 6) is 0.0854. The van der Waals surface area contributed by atoms with Crippen LogP contribution >= 0.6 is 11.6 Å². The van der Waals surface area contributed by atoms with E-state index in [9.17, 15) is 9.59 Å². The van der Waals surface area contributed by atoms with Crippen molar-refractivity contribution in [3.05, 3.63) is 76.4 Å². The molecule has 1 amide bonds. The number of ketones is 1. The first-order valence-electron chi connectivity index (χ1n) is 8.21. The fraction of sp³-hybridized carbons (Fsp3) is 0.100. The largest absolute Gasteiger partial charge is 0.339 e. The number of benzene rings is 2. The van der Waals surface area contributed by atoms with E-state index in [1.807, 2.05) is 13.0 Å². The zero-order valence-electron chi connectivity index (χ0n) is 14.8. The summed E-state index contributed by atoms with van der Waals surface area (Å²) in [6.07, 6.45) is 0. The number of halogens is 1. The highest BCUT2D eigenvalue weighted by Gasteiger charge is 2.11. The Balaban J connectivity index is 1.70. The predicted octanol–water partition coefficient (Wildman–Crippen LogP) is 4.64. The van der Waals surface area contributed by atoms with Crippen LogP contribution in [0.2, 0.25) is 5.02 Å². The van der Waals surface area contributed by atoms with Gasteiger partial charge in [0.05, 0.1) is 0 Å². The van der Waals surface area contributed by atoms with Crippen molar-refractivity contribution in [2.75, 3.05) is 10.6 Å². The first kappa shape index (κ1) is 18.5. The molecule has 0 spiro atoms. The highest BCUT2D eigenvalue weighted by atomic mass is 35.5. The number of nitrogens with one attached hydrogen (secondary N) is 2. The van der Waals surface area contributed by atoms with Crippen LogP contribution in [0.4, 0.5) is 17.2 Å². The van der Waals surface area contributed by atoms with Crippen molar-refractivity contribution in [2.45, 2.75) is 13.8 Å². The number of hydrogen-bond acceptors (Lipinski definition) is 5. The van der Waals surface area contributed by atoms with Crippen molar-refractivity contribution >= 4 is 40.5 Å². The zero-order chi connectivity index (χ0) is 19.4. The first-order chi connectivity index (χ1) is 12.9. The van der Waals surface area contributed by atoms with Crippen LogP contribution in [-0.4, -0.2) is 21.9 Å². The summed E-state index contributed by atoms with van der Waals surface area (Å²) in [5, 5.41) is 14.4. The number of aromatic nitrogens is 2. The summed E-state index contributed by atoms with van der Waals surface area (Å²) >= 11 is 5.92. The Kier molecular flexibility index (Phi) is 5.47. The van der Waals surface area contributed by atoms with E-state index in [0.29, 0.717) is 27.8 Å². The van der Waals surface area contributed by atoms with E-state index in [4.69, 9.17) is 11.6 Å². The van der Waals surface area contributed by atoms with Crippen LogP contribution in [0.15, 0.2) is 54.6 Å². The number of carbonyl (C=O) groups excluding carboxylic acids is 2. The van der Waals surface area contributed by atoms with E-state index in [2.05, 4.69) is 20.8 Å². The molecule has 0 aliphatic rings. The SMILES string of the molecule is CC(=O)c1cccc(Nc2ccc(C(=O)Nc3ccc(Cl)cc3C)nn2)c1. The molecule has 1 aromatic heterocycles. The Labute approximate surface area is 161 Å². The molecule has 1 heterocycles. The third-order valence-corrected chi connectivity index (χ3v) is 4.11. The lowest BCUT2D eigenvalue weighted by Gasteiger charge is -2.09. The summed E-state index contributed by atoms with van der Waals surface area (Å²) in [6.45, 7) is 3.37. The fourth-order valence-electron chi connectivity index (χ4n) is 2.44. The maximum atomic E-state index is 12.3. The number of anilines is 3. The van der Waals surface area contributed by atoms with Crippen molar-refractivity contribution in [2.24, 2.45) is 0 Å². The Morgan fingerprint density at radius 1 is 1.00 bits per heavy atom. The molecule has 0 bridgehead atoms. The Hall–Kier alpha value is -3.25. The van der Waals surface area contributed by atoms with Gasteiger partial charge in [0.2, 0.25) is 0 Å². The number of Topliss-reactive ketones (excluding diaryl/α,β-unsaturated/α-hetero) is 1. The second kappa shape index (κ2) is 7.97. The third-order valence-electron chi connectivity index (χ3n) is 3.88. The average molecular weight is 381 g/mol. The number of amides is 1. The molecular weight excluding hydrogens is 364 g/mol. The lowest BCUT2D eigenvalue weighted by molar-refractivity contribution is 0.101. The molecule has 0 fully saturated rings. The summed E-state index contributed by atoms with van der Waals surface area (Å²) in [7, 11) is 0. The molecule has 7 heteroatoms. The summed E-state index contributed by atoms with van der Waals surface area (Å²) in [5.41, 5.74) is 3.02. The van der Waals surface area contributed by atoms with E-state index >= 15 is 0 Å². The molecular formula is C20H17ClN4O2. The van der Waals surface area contributed by atoms with Crippen molar-refractivity contribution in [1.82, 2.24) is 10.2 Å². The third kappa shape index (κ3) is 4.68. The first-order valence-corrected chi connectivity index (χ1v) is 8.59. The quantitative estimate of drug-likeness (QED) is 0.630. The topological polar surface area (TPSA) is 84.0 Å². The van der Waals surface area contributed by atoms with E-state index in [0.717, 1.165) is 5.56 Å². The molecule has 0 aliphatic heterocycles. The molecule has 6 nitrogen and oxygen atoms in total. The molecule has 2 aromatic carbocycles. The minimum Gasteiger partial charge on any atom is -0.339 e. The van der Waals surface area contributed by atoms with Crippen molar-refractivity contribution in [3.8, 4) is 0 Å². The summed E-state index contributed by atoms with van der Waals surface area (Å²) < 4.78 is 0. The van der Waals surface area contributed by atoms with Gasteiger partial charge in [-0.3, -0.25) is 9.59 Å². The minimum atomic E-state index is -0.363. The Morgan fingerprint density at radius 3 is 2.48 bits per heavy atom. The summed E-state index contributed by atoms with van der Waals surface area (Å²) in [6, 6.07) is 15.5. The summed E-state index contributed by atoms with van der Waals surface area (Å²) in [4.78, 5) is 23.8. The van der Waals surface area contributed by atoms with Crippen LogP contribution in [0.5, 0.6) is 0 Å². The number of aryl methyl sites for hydroxylation is 1. The molecule has 0 radical (unpaired) electrons. The van der Waals surface area contributed by atoms with Crippen molar-refractivity contribution in [3.63, 3.8) is 0 Å². The van der Waals surface area contributed by atoms with Crippen LogP contribution in [-0.2, 0) is 0 Å². The van der Waals surface area contributed by atoms with Gasteiger partial charge >= 0.3 is 0 Å².